The van der Waals surface area contributed by atoms with Gasteiger partial charge in [0, 0.05) is 6.54 Å². The van der Waals surface area contributed by atoms with E-state index in [-0.39, 0.29) is 10.9 Å². The minimum Gasteiger partial charge on any atom is -0.309 e. The molecule has 80 valence electrons. The van der Waals surface area contributed by atoms with E-state index < -0.39 is 11.2 Å². The van der Waals surface area contributed by atoms with Gasteiger partial charge in [-0.05, 0) is 18.0 Å². The van der Waals surface area contributed by atoms with Crippen molar-refractivity contribution in [2.24, 2.45) is 0 Å². The lowest BCUT2D eigenvalue weighted by Crippen LogP contribution is -2.23. The topological polar surface area (TPSA) is 83.5 Å². The van der Waals surface area contributed by atoms with Crippen LogP contribution < -0.4 is 11.2 Å². The van der Waals surface area contributed by atoms with E-state index in [1.807, 2.05) is 6.92 Å². The zero-order valence-corrected chi connectivity index (χ0v) is 8.76. The lowest BCUT2D eigenvalue weighted by Gasteiger charge is -2.00. The lowest BCUT2D eigenvalue weighted by atomic mass is 10.4. The van der Waals surface area contributed by atoms with Crippen molar-refractivity contribution in [1.29, 1.82) is 0 Å². The van der Waals surface area contributed by atoms with Crippen molar-refractivity contribution in [1.82, 2.24) is 19.5 Å². The SMILES string of the molecule is CCCn1c(Cl)nc2[nH]c(=O)[nH]c(=O)c21. The molecule has 2 heterocycles. The van der Waals surface area contributed by atoms with Crippen LogP contribution in [0.4, 0.5) is 0 Å². The predicted molar refractivity (Wildman–Crippen MR) is 56.3 cm³/mol. The fourth-order valence-corrected chi connectivity index (χ4v) is 1.73. The molecular weight excluding hydrogens is 220 g/mol. The molecule has 2 rings (SSSR count). The summed E-state index contributed by atoms with van der Waals surface area (Å²) in [5, 5.41) is 0.208. The number of hydrogen-bond acceptors (Lipinski definition) is 3. The van der Waals surface area contributed by atoms with Crippen molar-refractivity contribution < 1.29 is 0 Å². The van der Waals surface area contributed by atoms with Crippen LogP contribution in [0.2, 0.25) is 5.28 Å². The van der Waals surface area contributed by atoms with Crippen LogP contribution in [0.5, 0.6) is 0 Å². The molecule has 0 aromatic carbocycles. The Kier molecular flexibility index (Phi) is 2.36. The average molecular weight is 229 g/mol. The Bertz CT molecular complexity index is 609. The fraction of sp³-hybridized carbons (Fsp3) is 0.375. The van der Waals surface area contributed by atoms with Crippen molar-refractivity contribution in [3.8, 4) is 0 Å². The number of rotatable bonds is 2. The molecule has 0 aliphatic heterocycles. The van der Waals surface area contributed by atoms with Crippen molar-refractivity contribution in [2.75, 3.05) is 0 Å². The van der Waals surface area contributed by atoms with Crippen molar-refractivity contribution >= 4 is 22.8 Å². The van der Waals surface area contributed by atoms with Gasteiger partial charge < -0.3 is 4.57 Å². The summed E-state index contributed by atoms with van der Waals surface area (Å²) in [6, 6.07) is 0. The normalized spacial score (nSPS) is 11.1. The van der Waals surface area contributed by atoms with Gasteiger partial charge in [-0.25, -0.2) is 4.79 Å². The molecule has 2 N–H and O–H groups in total. The van der Waals surface area contributed by atoms with Gasteiger partial charge in [0.05, 0.1) is 0 Å². The molecule has 0 bridgehead atoms. The van der Waals surface area contributed by atoms with Crippen LogP contribution in [0, 0.1) is 0 Å². The average Bonchev–Trinajstić information content (AvgIpc) is 2.43. The molecule has 0 aliphatic rings. The Morgan fingerprint density at radius 1 is 1.40 bits per heavy atom. The zero-order valence-electron chi connectivity index (χ0n) is 8.00. The van der Waals surface area contributed by atoms with E-state index in [0.717, 1.165) is 6.42 Å². The number of aromatic amines is 2. The van der Waals surface area contributed by atoms with Gasteiger partial charge in [0.15, 0.2) is 11.2 Å². The van der Waals surface area contributed by atoms with Crippen LogP contribution in [0.25, 0.3) is 11.2 Å². The van der Waals surface area contributed by atoms with Gasteiger partial charge in [0.25, 0.3) is 5.56 Å². The number of aromatic nitrogens is 4. The molecule has 2 aromatic heterocycles. The van der Waals surface area contributed by atoms with Crippen molar-refractivity contribution in [3.63, 3.8) is 0 Å². The van der Waals surface area contributed by atoms with Crippen molar-refractivity contribution in [2.45, 2.75) is 19.9 Å². The van der Waals surface area contributed by atoms with Gasteiger partial charge in [0.2, 0.25) is 5.28 Å². The first-order valence-electron chi connectivity index (χ1n) is 4.51. The highest BCUT2D eigenvalue weighted by atomic mass is 35.5. The van der Waals surface area contributed by atoms with E-state index in [9.17, 15) is 9.59 Å². The first-order valence-corrected chi connectivity index (χ1v) is 4.89. The number of aryl methyl sites for hydroxylation is 1. The van der Waals surface area contributed by atoms with Gasteiger partial charge in [0.1, 0.15) is 0 Å². The Balaban J connectivity index is 2.87. The monoisotopic (exact) mass is 228 g/mol. The highest BCUT2D eigenvalue weighted by Crippen LogP contribution is 2.13. The molecular formula is C8H9ClN4O2. The van der Waals surface area contributed by atoms with E-state index in [1.165, 1.54) is 0 Å². The Morgan fingerprint density at radius 3 is 2.80 bits per heavy atom. The summed E-state index contributed by atoms with van der Waals surface area (Å²) >= 11 is 5.85. The molecule has 0 spiro atoms. The Morgan fingerprint density at radius 2 is 2.13 bits per heavy atom. The van der Waals surface area contributed by atoms with Crippen molar-refractivity contribution in [3.05, 3.63) is 26.1 Å². The lowest BCUT2D eigenvalue weighted by molar-refractivity contribution is 0.695. The molecule has 0 atom stereocenters. The summed E-state index contributed by atoms with van der Waals surface area (Å²) in [6.07, 6.45) is 0.823. The number of halogens is 1. The number of H-pyrrole nitrogens is 2. The molecule has 0 unspecified atom stereocenters. The number of nitrogens with one attached hydrogen (secondary N) is 2. The maximum absolute atomic E-state index is 11.5. The van der Waals surface area contributed by atoms with E-state index >= 15 is 0 Å². The number of nitrogens with zero attached hydrogens (tertiary/aromatic N) is 2. The van der Waals surface area contributed by atoms with Gasteiger partial charge in [-0.15, -0.1) is 0 Å². The molecule has 0 radical (unpaired) electrons. The second-order valence-electron chi connectivity index (χ2n) is 3.14. The molecule has 6 nitrogen and oxygen atoms in total. The van der Waals surface area contributed by atoms with Gasteiger partial charge >= 0.3 is 5.69 Å². The Labute approximate surface area is 88.9 Å². The summed E-state index contributed by atoms with van der Waals surface area (Å²) in [4.78, 5) is 31.0. The van der Waals surface area contributed by atoms with Crippen LogP contribution in [0.1, 0.15) is 13.3 Å². The van der Waals surface area contributed by atoms with Gasteiger partial charge in [-0.2, -0.15) is 4.98 Å². The molecule has 15 heavy (non-hydrogen) atoms. The quantitative estimate of drug-likeness (QED) is 0.734. The molecule has 0 saturated heterocycles. The summed E-state index contributed by atoms with van der Waals surface area (Å²) < 4.78 is 1.58. The highest BCUT2D eigenvalue weighted by Gasteiger charge is 2.12. The third kappa shape index (κ3) is 1.56. The minimum absolute atomic E-state index is 0.208. The van der Waals surface area contributed by atoms with E-state index in [4.69, 9.17) is 11.6 Å². The number of imidazole rings is 1. The second kappa shape index (κ2) is 3.54. The molecule has 2 aromatic rings. The fourth-order valence-electron chi connectivity index (χ4n) is 1.47. The minimum atomic E-state index is -0.578. The standard InChI is InChI=1S/C8H9ClN4O2/c1-2-3-13-4-5(10-7(13)9)11-8(15)12-6(4)14/h2-3H2,1H3,(H2,11,12,14,15). The van der Waals surface area contributed by atoms with Crippen LogP contribution in [-0.2, 0) is 6.54 Å². The molecule has 7 heteroatoms. The van der Waals surface area contributed by atoms with Crippen LogP contribution in [-0.4, -0.2) is 19.5 Å². The van der Waals surface area contributed by atoms with Crippen LogP contribution >= 0.6 is 11.6 Å². The molecule has 0 saturated carbocycles. The summed E-state index contributed by atoms with van der Waals surface area (Å²) in [6.45, 7) is 2.55. The van der Waals surface area contributed by atoms with E-state index in [2.05, 4.69) is 15.0 Å². The largest absolute Gasteiger partial charge is 0.327 e. The third-order valence-electron chi connectivity index (χ3n) is 2.04. The maximum atomic E-state index is 11.5. The summed E-state index contributed by atoms with van der Waals surface area (Å²) in [5.74, 6) is 0. The number of fused-ring (bicyclic) bond motifs is 1. The third-order valence-corrected chi connectivity index (χ3v) is 2.33. The van der Waals surface area contributed by atoms with Gasteiger partial charge in [-0.1, -0.05) is 6.92 Å². The smallest absolute Gasteiger partial charge is 0.309 e. The zero-order chi connectivity index (χ0) is 11.0. The second-order valence-corrected chi connectivity index (χ2v) is 3.48. The Hall–Kier alpha value is -1.56. The molecule has 0 aliphatic carbocycles. The van der Waals surface area contributed by atoms with E-state index in [1.54, 1.807) is 4.57 Å². The first kappa shape index (κ1) is 9.97. The van der Waals surface area contributed by atoms with Gasteiger partial charge in [-0.3, -0.25) is 14.8 Å². The summed E-state index contributed by atoms with van der Waals surface area (Å²) in [7, 11) is 0. The van der Waals surface area contributed by atoms with Crippen LogP contribution in [0.15, 0.2) is 9.59 Å². The summed E-state index contributed by atoms with van der Waals surface area (Å²) in [5.41, 5.74) is -0.518. The molecule has 0 amide bonds. The first-order chi connectivity index (χ1) is 7.13. The number of hydrogen-bond donors (Lipinski definition) is 2. The predicted octanol–water partition coefficient (Wildman–Crippen LogP) is 0.476. The maximum Gasteiger partial charge on any atom is 0.327 e. The van der Waals surface area contributed by atoms with E-state index in [0.29, 0.717) is 12.1 Å². The van der Waals surface area contributed by atoms with Crippen LogP contribution in [0.3, 0.4) is 0 Å². The highest BCUT2D eigenvalue weighted by molar-refractivity contribution is 6.29. The molecule has 0 fully saturated rings.